The highest BCUT2D eigenvalue weighted by Gasteiger charge is 2.62. The molecule has 4 fully saturated rings. The molecule has 11 unspecified atom stereocenters. The van der Waals surface area contributed by atoms with Crippen molar-refractivity contribution in [3.05, 3.63) is 22.6 Å². The van der Waals surface area contributed by atoms with Gasteiger partial charge in [-0.1, -0.05) is 32.0 Å². The molecule has 4 N–H and O–H groups in total. The summed E-state index contributed by atoms with van der Waals surface area (Å²) < 4.78 is 0. The van der Waals surface area contributed by atoms with E-state index < -0.39 is 6.17 Å². The molecule has 9 heteroatoms. The lowest BCUT2D eigenvalue weighted by molar-refractivity contribution is -0.174. The van der Waals surface area contributed by atoms with Gasteiger partial charge in [0.1, 0.15) is 6.17 Å². The smallest absolute Gasteiger partial charge is 0.245 e. The molecule has 43 heavy (non-hydrogen) atoms. The summed E-state index contributed by atoms with van der Waals surface area (Å²) in [6.07, 6.45) is 18.9. The highest BCUT2D eigenvalue weighted by Crippen LogP contribution is 2.68. The molecule has 0 aromatic heterocycles. The average Bonchev–Trinajstić information content (AvgIpc) is 3.31. The van der Waals surface area contributed by atoms with Gasteiger partial charge in [0.2, 0.25) is 11.8 Å². The zero-order valence-electron chi connectivity index (χ0n) is 26.4. The van der Waals surface area contributed by atoms with Gasteiger partial charge in [0.05, 0.1) is 12.2 Å². The highest BCUT2D eigenvalue weighted by molar-refractivity contribution is 5.88. The summed E-state index contributed by atoms with van der Waals surface area (Å²) in [4.78, 5) is 27.4. The first kappa shape index (κ1) is 33.4. The molecule has 0 saturated heterocycles. The molecule has 9 nitrogen and oxygen atoms in total. The molecule has 11 atom stereocenters. The largest absolute Gasteiger partial charge is 0.393 e. The predicted molar refractivity (Wildman–Crippen MR) is 167 cm³/mol. The number of carbonyl (C=O) groups is 2. The Kier molecular flexibility index (Phi) is 11.3. The van der Waals surface area contributed by atoms with Crippen LogP contribution >= 0.6 is 0 Å². The van der Waals surface area contributed by atoms with E-state index in [9.17, 15) is 19.8 Å². The number of nitrogens with zero attached hydrogens (tertiary/aromatic N) is 3. The van der Waals surface area contributed by atoms with Crippen LogP contribution in [0.25, 0.3) is 10.4 Å². The first-order valence-corrected chi connectivity index (χ1v) is 16.6. The van der Waals surface area contributed by atoms with Crippen LogP contribution in [0.2, 0.25) is 0 Å². The summed E-state index contributed by atoms with van der Waals surface area (Å²) in [7, 11) is 0. The number of fused-ring (bicyclic) bond motifs is 5. The second-order valence-corrected chi connectivity index (χ2v) is 14.5. The minimum atomic E-state index is -0.648. The van der Waals surface area contributed by atoms with Crippen molar-refractivity contribution in [2.75, 3.05) is 6.54 Å². The molecule has 4 aliphatic carbocycles. The minimum Gasteiger partial charge on any atom is -0.393 e. The molecule has 4 saturated carbocycles. The number of hydrogen-bond donors (Lipinski definition) is 4. The second kappa shape index (κ2) is 14.5. The molecule has 0 aromatic carbocycles. The Bertz CT molecular complexity index is 1110. The summed E-state index contributed by atoms with van der Waals surface area (Å²) in [6, 6.07) is 0. The lowest BCUT2D eigenvalue weighted by Crippen LogP contribution is -2.58. The summed E-state index contributed by atoms with van der Waals surface area (Å²) in [5.41, 5.74) is 8.82. The van der Waals surface area contributed by atoms with E-state index in [0.717, 1.165) is 38.5 Å². The number of aliphatic hydroxyl groups is 2. The number of amides is 2. The number of terminal acetylenes is 1. The van der Waals surface area contributed by atoms with Gasteiger partial charge in [-0.15, -0.1) is 12.3 Å². The fourth-order valence-electron chi connectivity index (χ4n) is 10.0. The van der Waals surface area contributed by atoms with Crippen LogP contribution in [0.1, 0.15) is 104 Å². The van der Waals surface area contributed by atoms with E-state index >= 15 is 0 Å². The third-order valence-corrected chi connectivity index (χ3v) is 12.2. The molecule has 4 rings (SSSR count). The van der Waals surface area contributed by atoms with Crippen molar-refractivity contribution in [1.29, 1.82) is 0 Å². The van der Waals surface area contributed by atoms with Gasteiger partial charge in [-0.05, 0) is 129 Å². The average molecular weight is 596 g/mol. The Labute approximate surface area is 257 Å². The fourth-order valence-corrected chi connectivity index (χ4v) is 10.0. The zero-order valence-corrected chi connectivity index (χ0v) is 26.4. The molecule has 0 spiro atoms. The first-order chi connectivity index (χ1) is 20.5. The second-order valence-electron chi connectivity index (χ2n) is 14.5. The van der Waals surface area contributed by atoms with Gasteiger partial charge >= 0.3 is 0 Å². The Morgan fingerprint density at radius 1 is 1.12 bits per heavy atom. The molecule has 0 heterocycles. The Morgan fingerprint density at radius 2 is 1.86 bits per heavy atom. The maximum absolute atomic E-state index is 12.5. The minimum absolute atomic E-state index is 0.179. The van der Waals surface area contributed by atoms with E-state index in [2.05, 4.69) is 47.4 Å². The molecule has 0 aliphatic heterocycles. The summed E-state index contributed by atoms with van der Waals surface area (Å²) in [6.45, 7) is 7.56. The molecule has 0 aromatic rings. The number of allylic oxidation sites excluding steroid dienone is 1. The third kappa shape index (κ3) is 7.41. The van der Waals surface area contributed by atoms with Gasteiger partial charge in [-0.25, -0.2) is 0 Å². The molecular weight excluding hydrogens is 542 g/mol. The maximum atomic E-state index is 12.5. The molecular formula is C34H53N5O4. The van der Waals surface area contributed by atoms with Crippen LogP contribution in [-0.4, -0.2) is 46.9 Å². The van der Waals surface area contributed by atoms with Crippen molar-refractivity contribution in [3.8, 4) is 12.3 Å². The maximum Gasteiger partial charge on any atom is 0.245 e. The monoisotopic (exact) mass is 595 g/mol. The Morgan fingerprint density at radius 3 is 2.60 bits per heavy atom. The molecule has 0 bridgehead atoms. The van der Waals surface area contributed by atoms with Gasteiger partial charge in [0.25, 0.3) is 0 Å². The Balaban J connectivity index is 1.27. The molecule has 2 amide bonds. The van der Waals surface area contributed by atoms with Crippen LogP contribution in [0, 0.1) is 58.7 Å². The predicted octanol–water partition coefficient (Wildman–Crippen LogP) is 5.62. The van der Waals surface area contributed by atoms with E-state index in [1.165, 1.54) is 31.8 Å². The van der Waals surface area contributed by atoms with Gasteiger partial charge in [0.15, 0.2) is 0 Å². The van der Waals surface area contributed by atoms with Gasteiger partial charge in [-0.2, -0.15) is 0 Å². The highest BCUT2D eigenvalue weighted by atomic mass is 16.3. The molecule has 4 aliphatic rings. The van der Waals surface area contributed by atoms with E-state index in [-0.39, 0.29) is 54.2 Å². The van der Waals surface area contributed by atoms with E-state index in [0.29, 0.717) is 41.9 Å². The Hall–Kier alpha value is -2.53. The van der Waals surface area contributed by atoms with Gasteiger partial charge in [-0.3, -0.25) is 9.59 Å². The quantitative estimate of drug-likeness (QED) is 0.0441. The lowest BCUT2D eigenvalue weighted by atomic mass is 9.43. The topological polar surface area (TPSA) is 147 Å². The molecule has 238 valence electrons. The number of nitrogens with one attached hydrogen (secondary N) is 2. The summed E-state index contributed by atoms with van der Waals surface area (Å²) in [5.74, 6) is 5.00. The normalized spacial score (nSPS) is 38.0. The number of rotatable bonds is 12. The van der Waals surface area contributed by atoms with E-state index in [1.54, 1.807) is 0 Å². The SMILES string of the molecule is C#CCC(NC(=O)C=CCCC(C)C1CCC2C3C(O)CC4CC(O)CCC4(C)C3CCC12C)NC(=O)CCCN=[N+]=[N-]. The van der Waals surface area contributed by atoms with Crippen LogP contribution in [-0.2, 0) is 9.59 Å². The number of azide groups is 1. The van der Waals surface area contributed by atoms with Crippen LogP contribution in [0.4, 0.5) is 0 Å². The number of hydrogen-bond acceptors (Lipinski definition) is 5. The van der Waals surface area contributed by atoms with Crippen molar-refractivity contribution >= 4 is 11.8 Å². The lowest BCUT2D eigenvalue weighted by Gasteiger charge is -2.62. The summed E-state index contributed by atoms with van der Waals surface area (Å²) >= 11 is 0. The number of carbonyl (C=O) groups excluding carboxylic acids is 2. The van der Waals surface area contributed by atoms with Crippen molar-refractivity contribution in [2.24, 2.45) is 51.5 Å². The summed E-state index contributed by atoms with van der Waals surface area (Å²) in [5, 5.41) is 30.7. The van der Waals surface area contributed by atoms with E-state index in [1.807, 2.05) is 6.08 Å². The van der Waals surface area contributed by atoms with Crippen LogP contribution in [0.3, 0.4) is 0 Å². The van der Waals surface area contributed by atoms with Crippen molar-refractivity contribution < 1.29 is 19.8 Å². The fraction of sp³-hybridized carbons (Fsp3) is 0.824. The van der Waals surface area contributed by atoms with Crippen molar-refractivity contribution in [1.82, 2.24) is 10.6 Å². The first-order valence-electron chi connectivity index (χ1n) is 16.6. The molecule has 0 radical (unpaired) electrons. The van der Waals surface area contributed by atoms with Crippen molar-refractivity contribution in [2.45, 2.75) is 123 Å². The van der Waals surface area contributed by atoms with E-state index in [4.69, 9.17) is 12.0 Å². The third-order valence-electron chi connectivity index (χ3n) is 12.2. The van der Waals surface area contributed by atoms with Crippen LogP contribution < -0.4 is 10.6 Å². The van der Waals surface area contributed by atoms with Crippen LogP contribution in [0.5, 0.6) is 0 Å². The van der Waals surface area contributed by atoms with Crippen molar-refractivity contribution in [3.63, 3.8) is 0 Å². The van der Waals surface area contributed by atoms with Gasteiger partial charge in [0, 0.05) is 24.3 Å². The number of aliphatic hydroxyl groups excluding tert-OH is 2. The standard InChI is InChI=1S/C34H53N5O4/c1-5-9-29(38-31(43)12-8-19-36-39-35)37-30(42)11-7-6-10-22(2)25-13-14-26-32-27(16-18-34(25,26)4)33(3)17-15-24(40)20-23(33)21-28(32)41/h1,7,11,22-29,32,40-41H,6,8-10,12-21H2,2-4H3,(H,37,42)(H,38,43). The zero-order chi connectivity index (χ0) is 31.2. The van der Waals surface area contributed by atoms with Gasteiger partial charge < -0.3 is 20.8 Å². The van der Waals surface area contributed by atoms with Crippen LogP contribution in [0.15, 0.2) is 17.3 Å².